The second-order valence-corrected chi connectivity index (χ2v) is 17.5. The highest BCUT2D eigenvalue weighted by Gasteiger charge is 2.44. The molecule has 4 aliphatic rings. The Morgan fingerprint density at radius 2 is 1.41 bits per heavy atom. The molecule has 4 amide bonds. The number of nitriles is 1. The van der Waals surface area contributed by atoms with E-state index in [1.807, 2.05) is 12.1 Å². The molecule has 3 aromatic rings. The van der Waals surface area contributed by atoms with Crippen molar-refractivity contribution < 1.29 is 51.3 Å². The monoisotopic (exact) mass is 892 g/mol. The van der Waals surface area contributed by atoms with Crippen molar-refractivity contribution in [3.8, 4) is 11.8 Å². The lowest BCUT2D eigenvalue weighted by atomic mass is 9.89. The van der Waals surface area contributed by atoms with Crippen LogP contribution in [0.15, 0.2) is 42.7 Å². The number of anilines is 1. The van der Waals surface area contributed by atoms with E-state index in [1.54, 1.807) is 22.8 Å². The average Bonchev–Trinajstić information content (AvgIpc) is 3.52. The molecule has 340 valence electrons. The van der Waals surface area contributed by atoms with Gasteiger partial charge in [-0.15, -0.1) is 0 Å². The number of benzene rings is 2. The zero-order valence-corrected chi connectivity index (χ0v) is 35.3. The highest BCUT2D eigenvalue weighted by atomic mass is 32.2. The molecule has 3 aliphatic heterocycles. The van der Waals surface area contributed by atoms with Gasteiger partial charge in [-0.25, -0.2) is 18.4 Å². The van der Waals surface area contributed by atoms with Gasteiger partial charge in [0.05, 0.1) is 86.9 Å². The molecule has 0 bridgehead atoms. The molecule has 3 fully saturated rings. The first-order valence-corrected chi connectivity index (χ1v) is 22.6. The largest absolute Gasteiger partial charge is 0.491 e. The Balaban J connectivity index is 0.00000661. The lowest BCUT2D eigenvalue weighted by Crippen LogP contribution is -2.54. The number of hydrogen-bond donors (Lipinski definition) is 2. The summed E-state index contributed by atoms with van der Waals surface area (Å²) in [6, 6.07) is 11.8. The van der Waals surface area contributed by atoms with Gasteiger partial charge in [0.25, 0.3) is 11.8 Å². The molecular weight excluding hydrogens is 837 g/mol. The number of piperidine rings is 1. The summed E-state index contributed by atoms with van der Waals surface area (Å²) < 4.78 is 55.4. The third-order valence-corrected chi connectivity index (χ3v) is 13.3. The number of carbonyl (C=O) groups is 4. The van der Waals surface area contributed by atoms with Crippen LogP contribution in [0.3, 0.4) is 0 Å². The topological polar surface area (TPSA) is 232 Å². The number of piperazine rings is 1. The lowest BCUT2D eigenvalue weighted by Gasteiger charge is -2.41. The molecule has 1 aromatic heterocycles. The van der Waals surface area contributed by atoms with Crippen LogP contribution in [0.2, 0.25) is 0 Å². The Kier molecular flexibility index (Phi) is 16.9. The van der Waals surface area contributed by atoms with Crippen LogP contribution >= 0.6 is 0 Å². The Bertz CT molecular complexity index is 2240. The molecule has 1 atom stereocenters. The van der Waals surface area contributed by atoms with Crippen molar-refractivity contribution in [2.75, 3.05) is 96.7 Å². The van der Waals surface area contributed by atoms with E-state index in [0.717, 1.165) is 47.3 Å². The molecule has 2 aromatic carbocycles. The number of hydrogen-bond acceptors (Lipinski definition) is 16. The summed E-state index contributed by atoms with van der Waals surface area (Å²) in [5.41, 5.74) is 1.69. The molecule has 1 aliphatic carbocycles. The normalized spacial score (nSPS) is 20.9. The van der Waals surface area contributed by atoms with E-state index in [-0.39, 0.29) is 69.6 Å². The minimum Gasteiger partial charge on any atom is -0.491 e. The fourth-order valence-corrected chi connectivity index (χ4v) is 9.49. The summed E-state index contributed by atoms with van der Waals surface area (Å²) in [4.78, 5) is 61.7. The Labute approximate surface area is 367 Å². The third-order valence-electron chi connectivity index (χ3n) is 11.5. The number of amides is 4. The molecule has 63 heavy (non-hydrogen) atoms. The summed E-state index contributed by atoms with van der Waals surface area (Å²) in [5, 5.41) is 15.9. The number of nitrogens with zero attached hydrogens (tertiary/aromatic N) is 6. The van der Waals surface area contributed by atoms with E-state index in [4.69, 9.17) is 23.7 Å². The van der Waals surface area contributed by atoms with E-state index in [2.05, 4.69) is 31.6 Å². The summed E-state index contributed by atoms with van der Waals surface area (Å²) in [6.45, 7) is 4.81. The van der Waals surface area contributed by atoms with Crippen LogP contribution in [0, 0.1) is 11.3 Å². The van der Waals surface area contributed by atoms with Gasteiger partial charge < -0.3 is 29.0 Å². The molecule has 0 spiro atoms. The second kappa shape index (κ2) is 22.5. The van der Waals surface area contributed by atoms with Gasteiger partial charge in [-0.2, -0.15) is 9.57 Å². The van der Waals surface area contributed by atoms with Crippen molar-refractivity contribution in [3.05, 3.63) is 59.4 Å². The van der Waals surface area contributed by atoms with Gasteiger partial charge in [-0.05, 0) is 68.5 Å². The van der Waals surface area contributed by atoms with Crippen LogP contribution in [0.1, 0.15) is 72.2 Å². The first-order valence-electron chi connectivity index (χ1n) is 21.0. The number of rotatable bonds is 21. The zero-order chi connectivity index (χ0) is 43.5. The van der Waals surface area contributed by atoms with Crippen LogP contribution < -0.4 is 15.4 Å². The molecular formula is C43H56N8O11S. The fraction of sp³-hybridized carbons (Fsp3) is 0.558. The molecule has 2 saturated heterocycles. The maximum absolute atomic E-state index is 13.0. The van der Waals surface area contributed by atoms with E-state index in [9.17, 15) is 32.9 Å². The summed E-state index contributed by atoms with van der Waals surface area (Å²) >= 11 is 0. The quantitative estimate of drug-likeness (QED) is 0.115. The zero-order valence-electron chi connectivity index (χ0n) is 34.5. The molecule has 20 heteroatoms. The van der Waals surface area contributed by atoms with Gasteiger partial charge in [0.15, 0.2) is 0 Å². The van der Waals surface area contributed by atoms with Gasteiger partial charge >= 0.3 is 0 Å². The Morgan fingerprint density at radius 3 is 2.08 bits per heavy atom. The molecule has 19 nitrogen and oxygen atoms in total. The van der Waals surface area contributed by atoms with Crippen molar-refractivity contribution in [1.82, 2.24) is 29.4 Å². The molecule has 7 rings (SSSR count). The van der Waals surface area contributed by atoms with Gasteiger partial charge in [0.2, 0.25) is 21.8 Å². The first kappa shape index (κ1) is 47.3. The predicted octanol–water partition coefficient (Wildman–Crippen LogP) is 2.35. The maximum atomic E-state index is 13.0. The molecule has 1 saturated carbocycles. The lowest BCUT2D eigenvalue weighted by molar-refractivity contribution is -0.136. The summed E-state index contributed by atoms with van der Waals surface area (Å²) in [6.07, 6.45) is 5.65. The Hall–Kier alpha value is -5.14. The van der Waals surface area contributed by atoms with Crippen molar-refractivity contribution >= 4 is 50.4 Å². The SMILES string of the molecule is C.N#Cc1ccc2ncnc(NC3CCC(N4CCN(S(=O)(=O)CCOCCOCCOCCOCCOc5ccc6c(c5)C(=O)N(C5CCC(=O)NC5=O)C6=O)CC4)CC3)c2c1. The third kappa shape index (κ3) is 12.1. The van der Waals surface area contributed by atoms with Crippen LogP contribution in [-0.4, -0.2) is 166 Å². The highest BCUT2D eigenvalue weighted by molar-refractivity contribution is 7.89. The van der Waals surface area contributed by atoms with E-state index in [1.165, 1.54) is 12.1 Å². The minimum atomic E-state index is -3.43. The van der Waals surface area contributed by atoms with Crippen LogP contribution in [0.4, 0.5) is 5.82 Å². The first-order chi connectivity index (χ1) is 30.1. The van der Waals surface area contributed by atoms with Crippen LogP contribution in [-0.2, 0) is 38.6 Å². The second-order valence-electron chi connectivity index (χ2n) is 15.4. The van der Waals surface area contributed by atoms with E-state index in [0.29, 0.717) is 76.6 Å². The van der Waals surface area contributed by atoms with Gasteiger partial charge in [-0.1, -0.05) is 7.43 Å². The predicted molar refractivity (Wildman–Crippen MR) is 229 cm³/mol. The van der Waals surface area contributed by atoms with Crippen LogP contribution in [0.5, 0.6) is 5.75 Å². The number of aromatic nitrogens is 2. The van der Waals surface area contributed by atoms with Crippen LogP contribution in [0.25, 0.3) is 10.9 Å². The molecule has 4 heterocycles. The van der Waals surface area contributed by atoms with Crippen molar-refractivity contribution in [3.63, 3.8) is 0 Å². The maximum Gasteiger partial charge on any atom is 0.262 e. The summed E-state index contributed by atoms with van der Waals surface area (Å²) in [5.74, 6) is -1.23. The number of carbonyl (C=O) groups excluding carboxylic acids is 4. The number of nitrogens with one attached hydrogen (secondary N) is 2. The average molecular weight is 893 g/mol. The molecule has 0 radical (unpaired) electrons. The van der Waals surface area contributed by atoms with Crippen molar-refractivity contribution in [2.24, 2.45) is 0 Å². The molecule has 1 unspecified atom stereocenters. The smallest absolute Gasteiger partial charge is 0.262 e. The fourth-order valence-electron chi connectivity index (χ4n) is 8.18. The van der Waals surface area contributed by atoms with Crippen molar-refractivity contribution in [2.45, 2.75) is 64.1 Å². The standard InChI is InChI=1S/C42H52N8O11S.CH4/c43-27-29-1-8-36-35(25-29)39(45-28-44-36)46-30-2-4-31(5-3-30)48-11-13-49(14-12-48)62(55,56)24-23-60-20-19-58-16-15-57-17-18-59-21-22-61-32-6-7-33-34(26-32)42(54)50(41(33)53)37-9-10-38(51)47-40(37)52;/h1,6-8,25-26,28,30-31,37H,2-5,9-24H2,(H,44,45,46)(H,47,51,52);1H4. The summed E-state index contributed by atoms with van der Waals surface area (Å²) in [7, 11) is -3.43. The minimum absolute atomic E-state index is 0. The van der Waals surface area contributed by atoms with E-state index < -0.39 is 39.7 Å². The van der Waals surface area contributed by atoms with Gasteiger partial charge in [0.1, 0.15) is 30.5 Å². The molecule has 2 N–H and O–H groups in total. The highest BCUT2D eigenvalue weighted by Crippen LogP contribution is 2.31. The van der Waals surface area contributed by atoms with Gasteiger partial charge in [0, 0.05) is 50.1 Å². The van der Waals surface area contributed by atoms with E-state index >= 15 is 0 Å². The number of imide groups is 2. The number of sulfonamides is 1. The van der Waals surface area contributed by atoms with Crippen molar-refractivity contribution in [1.29, 1.82) is 5.26 Å². The Morgan fingerprint density at radius 1 is 0.762 bits per heavy atom. The number of ether oxygens (including phenoxy) is 5. The number of fused-ring (bicyclic) bond motifs is 2. The van der Waals surface area contributed by atoms with Gasteiger partial charge in [-0.3, -0.25) is 34.3 Å².